The molecule has 3 amide bonds. The van der Waals surface area contributed by atoms with Gasteiger partial charge in [-0.1, -0.05) is 53.7 Å². The number of rotatable bonds is 5. The van der Waals surface area contributed by atoms with Crippen LogP contribution in [0.25, 0.3) is 0 Å². The highest BCUT2D eigenvalue weighted by molar-refractivity contribution is 8.15. The number of hydrogen-bond acceptors (Lipinski definition) is 4. The number of aryl methyl sites for hydroxylation is 1. The van der Waals surface area contributed by atoms with Crippen molar-refractivity contribution in [3.63, 3.8) is 0 Å². The molecule has 1 atom stereocenters. The Kier molecular flexibility index (Phi) is 5.19. The first kappa shape index (κ1) is 17.2. The van der Waals surface area contributed by atoms with Crippen LogP contribution in [0.1, 0.15) is 16.7 Å². The van der Waals surface area contributed by atoms with Gasteiger partial charge in [0.2, 0.25) is 11.8 Å². The number of carbonyl (C=O) groups excluding carboxylic acids is 3. The van der Waals surface area contributed by atoms with Gasteiger partial charge in [-0.05, 0) is 36.6 Å². The minimum atomic E-state index is -0.380. The van der Waals surface area contributed by atoms with Crippen LogP contribution in [0.15, 0.2) is 48.5 Å². The SMILES string of the molecule is Cc1cccc(CC(=O)Nc2ccc(CC3SC(=O)NC3=O)cc2)c1. The van der Waals surface area contributed by atoms with Crippen LogP contribution in [0, 0.1) is 6.92 Å². The van der Waals surface area contributed by atoms with Crippen LogP contribution in [0.5, 0.6) is 0 Å². The molecule has 0 aliphatic carbocycles. The molecule has 25 heavy (non-hydrogen) atoms. The van der Waals surface area contributed by atoms with E-state index in [0.717, 1.165) is 28.5 Å². The van der Waals surface area contributed by atoms with E-state index in [1.165, 1.54) is 0 Å². The Morgan fingerprint density at radius 2 is 1.88 bits per heavy atom. The Morgan fingerprint density at radius 1 is 1.12 bits per heavy atom. The van der Waals surface area contributed by atoms with Crippen LogP contribution in [-0.2, 0) is 22.4 Å². The summed E-state index contributed by atoms with van der Waals surface area (Å²) in [6.07, 6.45) is 0.810. The maximum absolute atomic E-state index is 12.1. The van der Waals surface area contributed by atoms with E-state index in [-0.39, 0.29) is 22.3 Å². The lowest BCUT2D eigenvalue weighted by Gasteiger charge is -2.08. The normalized spacial score (nSPS) is 16.6. The second-order valence-corrected chi connectivity index (χ2v) is 7.17. The van der Waals surface area contributed by atoms with Crippen molar-refractivity contribution in [2.45, 2.75) is 25.0 Å². The molecule has 0 saturated carbocycles. The predicted octanol–water partition coefficient (Wildman–Crippen LogP) is 3.07. The Balaban J connectivity index is 1.56. The van der Waals surface area contributed by atoms with Crippen LogP contribution in [-0.4, -0.2) is 22.3 Å². The van der Waals surface area contributed by atoms with E-state index >= 15 is 0 Å². The average molecular weight is 354 g/mol. The average Bonchev–Trinajstić information content (AvgIpc) is 2.86. The molecule has 0 aromatic heterocycles. The predicted molar refractivity (Wildman–Crippen MR) is 98.6 cm³/mol. The summed E-state index contributed by atoms with van der Waals surface area (Å²) in [6, 6.07) is 15.2. The smallest absolute Gasteiger partial charge is 0.286 e. The van der Waals surface area contributed by atoms with Crippen LogP contribution < -0.4 is 10.6 Å². The number of amides is 3. The van der Waals surface area contributed by atoms with Gasteiger partial charge in [0.1, 0.15) is 0 Å². The summed E-state index contributed by atoms with van der Waals surface area (Å²) < 4.78 is 0. The van der Waals surface area contributed by atoms with Gasteiger partial charge in [0, 0.05) is 5.69 Å². The zero-order valence-corrected chi connectivity index (χ0v) is 14.6. The summed E-state index contributed by atoms with van der Waals surface area (Å²) in [4.78, 5) is 34.9. The highest BCUT2D eigenvalue weighted by Crippen LogP contribution is 2.23. The standard InChI is InChI=1S/C19H18N2O3S/c1-12-3-2-4-14(9-12)11-17(22)20-15-7-5-13(6-8-15)10-16-18(23)21-19(24)25-16/h2-9,16H,10-11H2,1H3,(H,20,22)(H,21,23,24). The Labute approximate surface area is 150 Å². The number of benzene rings is 2. The van der Waals surface area contributed by atoms with Gasteiger partial charge in [-0.25, -0.2) is 0 Å². The molecule has 0 bridgehead atoms. The quantitative estimate of drug-likeness (QED) is 0.865. The molecule has 2 aromatic rings. The van der Waals surface area contributed by atoms with E-state index in [2.05, 4.69) is 10.6 Å². The van der Waals surface area contributed by atoms with Crippen LogP contribution in [0.2, 0.25) is 0 Å². The van der Waals surface area contributed by atoms with Crippen molar-refractivity contribution >= 4 is 34.5 Å². The van der Waals surface area contributed by atoms with Crippen molar-refractivity contribution in [3.8, 4) is 0 Å². The summed E-state index contributed by atoms with van der Waals surface area (Å²) in [5.41, 5.74) is 3.75. The summed E-state index contributed by atoms with van der Waals surface area (Å²) in [5, 5.41) is 4.47. The Bertz CT molecular complexity index is 818. The molecule has 0 spiro atoms. The molecule has 6 heteroatoms. The molecule has 1 unspecified atom stereocenters. The fourth-order valence-corrected chi connectivity index (χ4v) is 3.54. The second-order valence-electron chi connectivity index (χ2n) is 6.00. The summed E-state index contributed by atoms with van der Waals surface area (Å²) in [7, 11) is 0. The Hall–Kier alpha value is -2.60. The highest BCUT2D eigenvalue weighted by atomic mass is 32.2. The third-order valence-corrected chi connectivity index (χ3v) is 4.85. The van der Waals surface area contributed by atoms with Gasteiger partial charge >= 0.3 is 0 Å². The monoisotopic (exact) mass is 354 g/mol. The number of anilines is 1. The lowest BCUT2D eigenvalue weighted by molar-refractivity contribution is -0.119. The first-order valence-corrected chi connectivity index (χ1v) is 8.83. The van der Waals surface area contributed by atoms with Crippen LogP contribution >= 0.6 is 11.8 Å². The molecule has 1 aliphatic rings. The summed E-state index contributed by atoms with van der Waals surface area (Å²) >= 11 is 1.02. The maximum Gasteiger partial charge on any atom is 0.286 e. The number of thioether (sulfide) groups is 1. The lowest BCUT2D eigenvalue weighted by atomic mass is 10.1. The molecular formula is C19H18N2O3S. The first-order valence-electron chi connectivity index (χ1n) is 7.95. The van der Waals surface area contributed by atoms with Crippen molar-refractivity contribution in [2.24, 2.45) is 0 Å². The van der Waals surface area contributed by atoms with Gasteiger partial charge in [-0.2, -0.15) is 0 Å². The first-order chi connectivity index (χ1) is 12.0. The molecule has 1 aliphatic heterocycles. The molecule has 2 N–H and O–H groups in total. The fourth-order valence-electron chi connectivity index (χ4n) is 2.68. The topological polar surface area (TPSA) is 75.3 Å². The number of hydrogen-bond donors (Lipinski definition) is 2. The Morgan fingerprint density at radius 3 is 2.52 bits per heavy atom. The van der Waals surface area contributed by atoms with Crippen molar-refractivity contribution in [1.82, 2.24) is 5.32 Å². The molecule has 3 rings (SSSR count). The number of imide groups is 1. The molecule has 128 valence electrons. The van der Waals surface area contributed by atoms with Crippen LogP contribution in [0.3, 0.4) is 0 Å². The third-order valence-electron chi connectivity index (χ3n) is 3.87. The van der Waals surface area contributed by atoms with Crippen molar-refractivity contribution in [1.29, 1.82) is 0 Å². The number of carbonyl (C=O) groups is 3. The van der Waals surface area contributed by atoms with Gasteiger partial charge in [0.25, 0.3) is 5.24 Å². The van der Waals surface area contributed by atoms with E-state index in [1.807, 2.05) is 55.5 Å². The fraction of sp³-hybridized carbons (Fsp3) is 0.211. The van der Waals surface area contributed by atoms with Gasteiger partial charge < -0.3 is 5.32 Å². The zero-order valence-electron chi connectivity index (χ0n) is 13.7. The van der Waals surface area contributed by atoms with Crippen molar-refractivity contribution in [2.75, 3.05) is 5.32 Å². The zero-order chi connectivity index (χ0) is 17.8. The molecule has 1 heterocycles. The molecule has 1 fully saturated rings. The molecule has 5 nitrogen and oxygen atoms in total. The van der Waals surface area contributed by atoms with E-state index in [4.69, 9.17) is 0 Å². The summed E-state index contributed by atoms with van der Waals surface area (Å²) in [6.45, 7) is 2.00. The molecule has 2 aromatic carbocycles. The van der Waals surface area contributed by atoms with E-state index < -0.39 is 0 Å². The van der Waals surface area contributed by atoms with Gasteiger partial charge in [0.15, 0.2) is 0 Å². The second kappa shape index (κ2) is 7.53. The van der Waals surface area contributed by atoms with Crippen molar-refractivity contribution < 1.29 is 14.4 Å². The molecule has 1 saturated heterocycles. The third kappa shape index (κ3) is 4.70. The largest absolute Gasteiger partial charge is 0.326 e. The van der Waals surface area contributed by atoms with E-state index in [1.54, 1.807) is 0 Å². The van der Waals surface area contributed by atoms with Crippen LogP contribution in [0.4, 0.5) is 10.5 Å². The lowest BCUT2D eigenvalue weighted by Crippen LogP contribution is -2.25. The van der Waals surface area contributed by atoms with Crippen molar-refractivity contribution in [3.05, 3.63) is 65.2 Å². The number of nitrogens with one attached hydrogen (secondary N) is 2. The minimum absolute atomic E-state index is 0.0744. The summed E-state index contributed by atoms with van der Waals surface area (Å²) in [5.74, 6) is -0.319. The van der Waals surface area contributed by atoms with Gasteiger partial charge in [0.05, 0.1) is 11.7 Å². The highest BCUT2D eigenvalue weighted by Gasteiger charge is 2.31. The molecule has 0 radical (unpaired) electrons. The van der Waals surface area contributed by atoms with E-state index in [9.17, 15) is 14.4 Å². The van der Waals surface area contributed by atoms with Gasteiger partial charge in [-0.15, -0.1) is 0 Å². The van der Waals surface area contributed by atoms with E-state index in [0.29, 0.717) is 18.5 Å². The van der Waals surface area contributed by atoms with Gasteiger partial charge in [-0.3, -0.25) is 19.7 Å². The molecular weight excluding hydrogens is 336 g/mol. The maximum atomic E-state index is 12.1. The minimum Gasteiger partial charge on any atom is -0.326 e.